The Morgan fingerprint density at radius 3 is 1.47 bits per heavy atom. The summed E-state index contributed by atoms with van der Waals surface area (Å²) in [5.74, 6) is 4.82. The number of amidine groups is 2. The number of aliphatic imine (C=N–C) groups is 2. The first-order valence-electron chi connectivity index (χ1n) is 15.1. The lowest BCUT2D eigenvalue weighted by molar-refractivity contribution is 0.279. The van der Waals surface area contributed by atoms with Crippen LogP contribution in [0.1, 0.15) is 55.5 Å². The van der Waals surface area contributed by atoms with Crippen molar-refractivity contribution in [2.24, 2.45) is 9.98 Å². The van der Waals surface area contributed by atoms with Gasteiger partial charge in [-0.3, -0.25) is 9.98 Å². The van der Waals surface area contributed by atoms with Crippen molar-refractivity contribution in [1.82, 2.24) is 9.80 Å². The molecule has 0 amide bonds. The summed E-state index contributed by atoms with van der Waals surface area (Å²) in [5, 5.41) is 0. The summed E-state index contributed by atoms with van der Waals surface area (Å²) in [4.78, 5) is 14.1. The van der Waals surface area contributed by atoms with E-state index in [4.69, 9.17) is 28.9 Å². The second kappa shape index (κ2) is 13.4. The van der Waals surface area contributed by atoms with Crippen LogP contribution in [-0.4, -0.2) is 74.0 Å². The molecule has 0 unspecified atom stereocenters. The first-order valence-corrected chi connectivity index (χ1v) is 15.1. The predicted octanol–water partition coefficient (Wildman–Crippen LogP) is 6.11. The molecule has 0 fully saturated rings. The lowest BCUT2D eigenvalue weighted by Crippen LogP contribution is -2.34. The van der Waals surface area contributed by atoms with Gasteiger partial charge in [0.25, 0.3) is 0 Å². The Hall–Kier alpha value is -4.20. The molecular weight excluding hydrogens is 540 g/mol. The van der Waals surface area contributed by atoms with Crippen LogP contribution < -0.4 is 18.9 Å². The topological polar surface area (TPSA) is 68.1 Å². The first kappa shape index (κ1) is 30.3. The standard InChI is InChI=1S/C35H44N4O4/c1-23(2)38-14-12-36-34(38)28-8-10-30(32(19-28)40-6)42-21-26-16-25(5)17-27(18-26)22-43-31-11-9-29(20-33(31)41-7)35-37-13-15-39(35)24(3)4/h8-11,16-20,23-24H,12-15,21-22H2,1-7H3. The van der Waals surface area contributed by atoms with Gasteiger partial charge in [-0.25, -0.2) is 0 Å². The number of nitrogens with zero attached hydrogens (tertiary/aromatic N) is 4. The molecule has 8 nitrogen and oxygen atoms in total. The molecule has 3 aromatic rings. The average molecular weight is 585 g/mol. The van der Waals surface area contributed by atoms with Gasteiger partial charge in [0.15, 0.2) is 23.0 Å². The molecule has 43 heavy (non-hydrogen) atoms. The summed E-state index contributed by atoms with van der Waals surface area (Å²) in [7, 11) is 3.35. The van der Waals surface area contributed by atoms with Crippen LogP contribution >= 0.6 is 0 Å². The van der Waals surface area contributed by atoms with Crippen molar-refractivity contribution in [3.63, 3.8) is 0 Å². The monoisotopic (exact) mass is 584 g/mol. The zero-order valence-corrected chi connectivity index (χ0v) is 26.5. The minimum absolute atomic E-state index is 0.394. The Bertz CT molecular complexity index is 1390. The van der Waals surface area contributed by atoms with Gasteiger partial charge < -0.3 is 28.7 Å². The Morgan fingerprint density at radius 2 is 1.07 bits per heavy atom. The van der Waals surface area contributed by atoms with Crippen molar-refractivity contribution in [2.45, 2.75) is 59.9 Å². The summed E-state index contributed by atoms with van der Waals surface area (Å²) < 4.78 is 23.9. The maximum Gasteiger partial charge on any atom is 0.161 e. The van der Waals surface area contributed by atoms with Gasteiger partial charge in [0.05, 0.1) is 27.3 Å². The third-order valence-corrected chi connectivity index (χ3v) is 7.82. The molecule has 0 N–H and O–H groups in total. The first-order chi connectivity index (χ1) is 20.8. The predicted molar refractivity (Wildman–Crippen MR) is 172 cm³/mol. The Labute approximate surface area is 256 Å². The van der Waals surface area contributed by atoms with E-state index in [2.05, 4.69) is 74.8 Å². The van der Waals surface area contributed by atoms with Gasteiger partial charge in [-0.15, -0.1) is 0 Å². The molecule has 0 saturated heterocycles. The SMILES string of the molecule is COc1cc(C2=NCCN2C(C)C)ccc1OCc1cc(C)cc(COc2ccc(C3=NCCN3C(C)C)cc2OC)c1. The van der Waals surface area contributed by atoms with Crippen LogP contribution in [0.3, 0.4) is 0 Å². The van der Waals surface area contributed by atoms with E-state index in [9.17, 15) is 0 Å². The molecule has 2 aliphatic heterocycles. The van der Waals surface area contributed by atoms with Crippen molar-refractivity contribution >= 4 is 11.7 Å². The van der Waals surface area contributed by atoms with Gasteiger partial charge in [0.2, 0.25) is 0 Å². The van der Waals surface area contributed by atoms with Crippen LogP contribution in [0.2, 0.25) is 0 Å². The number of methoxy groups -OCH3 is 2. The van der Waals surface area contributed by atoms with Gasteiger partial charge in [-0.05, 0) is 88.2 Å². The highest BCUT2D eigenvalue weighted by atomic mass is 16.5. The van der Waals surface area contributed by atoms with Crippen LogP contribution in [-0.2, 0) is 13.2 Å². The molecule has 0 bridgehead atoms. The fourth-order valence-electron chi connectivity index (χ4n) is 5.73. The van der Waals surface area contributed by atoms with Gasteiger partial charge in [-0.2, -0.15) is 0 Å². The zero-order chi connectivity index (χ0) is 30.5. The van der Waals surface area contributed by atoms with Gasteiger partial charge in [-0.1, -0.05) is 17.7 Å². The highest BCUT2D eigenvalue weighted by molar-refractivity contribution is 6.01. The minimum Gasteiger partial charge on any atom is -0.493 e. The maximum atomic E-state index is 6.25. The van der Waals surface area contributed by atoms with Crippen molar-refractivity contribution in [1.29, 1.82) is 0 Å². The Kier molecular flexibility index (Phi) is 9.43. The lowest BCUT2D eigenvalue weighted by atomic mass is 10.1. The molecule has 0 atom stereocenters. The van der Waals surface area contributed by atoms with E-state index in [-0.39, 0.29) is 0 Å². The van der Waals surface area contributed by atoms with Crippen molar-refractivity contribution in [2.75, 3.05) is 40.4 Å². The fraction of sp³-hybridized carbons (Fsp3) is 0.429. The molecule has 0 radical (unpaired) electrons. The zero-order valence-electron chi connectivity index (χ0n) is 26.5. The van der Waals surface area contributed by atoms with E-state index in [0.717, 1.165) is 65.7 Å². The quantitative estimate of drug-likeness (QED) is 0.256. The van der Waals surface area contributed by atoms with Crippen molar-refractivity contribution < 1.29 is 18.9 Å². The fourth-order valence-corrected chi connectivity index (χ4v) is 5.73. The molecule has 3 aromatic carbocycles. The summed E-state index contributed by atoms with van der Waals surface area (Å²) >= 11 is 0. The van der Waals surface area contributed by atoms with Crippen LogP contribution in [0.15, 0.2) is 64.6 Å². The number of aryl methyl sites for hydroxylation is 1. The minimum atomic E-state index is 0.394. The Balaban J connectivity index is 1.25. The number of benzene rings is 3. The molecule has 0 spiro atoms. The molecule has 5 rings (SSSR count). The van der Waals surface area contributed by atoms with E-state index < -0.39 is 0 Å². The van der Waals surface area contributed by atoms with Gasteiger partial charge >= 0.3 is 0 Å². The summed E-state index contributed by atoms with van der Waals surface area (Å²) in [5.41, 5.74) is 5.35. The summed E-state index contributed by atoms with van der Waals surface area (Å²) in [6, 6.07) is 19.3. The van der Waals surface area contributed by atoms with Crippen LogP contribution in [0, 0.1) is 6.92 Å². The second-order valence-corrected chi connectivity index (χ2v) is 11.6. The third-order valence-electron chi connectivity index (χ3n) is 7.82. The molecule has 2 aliphatic rings. The normalized spacial score (nSPS) is 14.8. The highest BCUT2D eigenvalue weighted by Crippen LogP contribution is 2.32. The van der Waals surface area contributed by atoms with E-state index in [1.54, 1.807) is 14.2 Å². The number of hydrogen-bond acceptors (Lipinski definition) is 8. The number of ether oxygens (including phenoxy) is 4. The molecule has 0 aliphatic carbocycles. The third kappa shape index (κ3) is 6.90. The summed E-state index contributed by atoms with van der Waals surface area (Å²) in [6.07, 6.45) is 0. The molecule has 2 heterocycles. The van der Waals surface area contributed by atoms with E-state index in [1.807, 2.05) is 24.3 Å². The molecule has 8 heteroatoms. The van der Waals surface area contributed by atoms with Crippen LogP contribution in [0.5, 0.6) is 23.0 Å². The molecular formula is C35H44N4O4. The van der Waals surface area contributed by atoms with Crippen LogP contribution in [0.4, 0.5) is 0 Å². The van der Waals surface area contributed by atoms with Gasteiger partial charge in [0.1, 0.15) is 24.9 Å². The lowest BCUT2D eigenvalue weighted by Gasteiger charge is -2.25. The molecule has 228 valence electrons. The van der Waals surface area contributed by atoms with Crippen molar-refractivity contribution in [3.05, 3.63) is 82.4 Å². The number of hydrogen-bond donors (Lipinski definition) is 0. The average Bonchev–Trinajstić information content (AvgIpc) is 3.70. The smallest absolute Gasteiger partial charge is 0.161 e. The molecule has 0 aromatic heterocycles. The van der Waals surface area contributed by atoms with E-state index >= 15 is 0 Å². The molecule has 0 saturated carbocycles. The van der Waals surface area contributed by atoms with E-state index in [0.29, 0.717) is 48.3 Å². The van der Waals surface area contributed by atoms with E-state index in [1.165, 1.54) is 0 Å². The maximum absolute atomic E-state index is 6.25. The van der Waals surface area contributed by atoms with Crippen LogP contribution in [0.25, 0.3) is 0 Å². The largest absolute Gasteiger partial charge is 0.493 e. The number of rotatable bonds is 12. The second-order valence-electron chi connectivity index (χ2n) is 11.6. The summed E-state index contributed by atoms with van der Waals surface area (Å²) in [6.45, 7) is 15.2. The van der Waals surface area contributed by atoms with Crippen molar-refractivity contribution in [3.8, 4) is 23.0 Å². The highest BCUT2D eigenvalue weighted by Gasteiger charge is 2.23. The van der Waals surface area contributed by atoms with Gasteiger partial charge in [0, 0.05) is 36.3 Å². The Morgan fingerprint density at radius 1 is 0.628 bits per heavy atom.